The highest BCUT2D eigenvalue weighted by Crippen LogP contribution is 2.24. The number of imidazole rings is 1. The third kappa shape index (κ3) is 1.81. The molecular formula is C12H8N4OS. The average Bonchev–Trinajstić information content (AvgIpc) is 2.93. The molecule has 0 fully saturated rings. The molecule has 0 radical (unpaired) electrons. The minimum absolute atomic E-state index is 0.217. The predicted octanol–water partition coefficient (Wildman–Crippen LogP) is 2.05. The van der Waals surface area contributed by atoms with Crippen molar-refractivity contribution in [2.45, 2.75) is 6.42 Å². The molecular weight excluding hydrogens is 248 g/mol. The second-order valence-corrected chi connectivity index (χ2v) is 4.74. The van der Waals surface area contributed by atoms with Crippen LogP contribution in [0.5, 0.6) is 0 Å². The molecule has 0 aliphatic carbocycles. The number of aromatic amines is 2. The number of nitrogens with zero attached hydrogens (tertiary/aromatic N) is 2. The van der Waals surface area contributed by atoms with Gasteiger partial charge in [0.15, 0.2) is 0 Å². The van der Waals surface area contributed by atoms with E-state index in [0.29, 0.717) is 6.42 Å². The van der Waals surface area contributed by atoms with Gasteiger partial charge in [0, 0.05) is 10.9 Å². The first-order chi connectivity index (χ1) is 8.76. The molecule has 6 heteroatoms. The van der Waals surface area contributed by atoms with Crippen LogP contribution in [-0.2, 0) is 6.42 Å². The summed E-state index contributed by atoms with van der Waals surface area (Å²) in [7, 11) is 0. The summed E-state index contributed by atoms with van der Waals surface area (Å²) in [4.78, 5) is 20.9. The molecule has 0 amide bonds. The highest BCUT2D eigenvalue weighted by molar-refractivity contribution is 7.10. The van der Waals surface area contributed by atoms with Gasteiger partial charge in [0.25, 0.3) is 0 Å². The number of aromatic nitrogens is 3. The van der Waals surface area contributed by atoms with Gasteiger partial charge in [-0.2, -0.15) is 5.26 Å². The van der Waals surface area contributed by atoms with Crippen LogP contribution in [0.25, 0.3) is 22.3 Å². The summed E-state index contributed by atoms with van der Waals surface area (Å²) in [6, 6.07) is 7.69. The molecule has 88 valence electrons. The Bertz CT molecular complexity index is 805. The maximum Gasteiger partial charge on any atom is 0.323 e. The Morgan fingerprint density at radius 1 is 1.33 bits per heavy atom. The molecule has 0 saturated carbocycles. The van der Waals surface area contributed by atoms with E-state index in [-0.39, 0.29) is 5.69 Å². The van der Waals surface area contributed by atoms with Gasteiger partial charge in [-0.3, -0.25) is 0 Å². The lowest BCUT2D eigenvalue weighted by molar-refractivity contribution is 1.19. The van der Waals surface area contributed by atoms with Crippen molar-refractivity contribution in [3.63, 3.8) is 0 Å². The van der Waals surface area contributed by atoms with Gasteiger partial charge in [-0.25, -0.2) is 9.78 Å². The van der Waals surface area contributed by atoms with Gasteiger partial charge in [0.2, 0.25) is 0 Å². The highest BCUT2D eigenvalue weighted by atomic mass is 32.1. The topological polar surface area (TPSA) is 85.3 Å². The van der Waals surface area contributed by atoms with Gasteiger partial charge >= 0.3 is 5.69 Å². The lowest BCUT2D eigenvalue weighted by Gasteiger charge is -1.96. The number of nitriles is 1. The second-order valence-electron chi connectivity index (χ2n) is 3.80. The number of fused-ring (bicyclic) bond motifs is 1. The molecule has 0 aliphatic rings. The van der Waals surface area contributed by atoms with Crippen molar-refractivity contribution >= 4 is 22.4 Å². The van der Waals surface area contributed by atoms with E-state index >= 15 is 0 Å². The Morgan fingerprint density at radius 3 is 3.00 bits per heavy atom. The van der Waals surface area contributed by atoms with Gasteiger partial charge < -0.3 is 9.97 Å². The van der Waals surface area contributed by atoms with Gasteiger partial charge in [0.05, 0.1) is 29.2 Å². The first-order valence-corrected chi connectivity index (χ1v) is 6.18. The van der Waals surface area contributed by atoms with Crippen molar-refractivity contribution in [2.75, 3.05) is 0 Å². The summed E-state index contributed by atoms with van der Waals surface area (Å²) in [6.45, 7) is 0. The van der Waals surface area contributed by atoms with Crippen LogP contribution in [0.3, 0.4) is 0 Å². The Hall–Kier alpha value is -2.39. The van der Waals surface area contributed by atoms with Gasteiger partial charge in [-0.05, 0) is 12.1 Å². The number of rotatable bonds is 2. The van der Waals surface area contributed by atoms with Crippen molar-refractivity contribution in [2.24, 2.45) is 0 Å². The third-order valence-electron chi connectivity index (χ3n) is 2.59. The van der Waals surface area contributed by atoms with Crippen LogP contribution >= 0.6 is 11.3 Å². The standard InChI is InChI=1S/C12H8N4OS/c13-4-3-11-14-10(6-18-11)7-1-2-8-9(5-7)16-12(17)15-8/h1-2,5-6H,3H2,(H2,15,16,17). The zero-order chi connectivity index (χ0) is 12.5. The van der Waals surface area contributed by atoms with E-state index in [1.165, 1.54) is 11.3 Å². The normalized spacial score (nSPS) is 10.6. The van der Waals surface area contributed by atoms with E-state index in [0.717, 1.165) is 27.3 Å². The Balaban J connectivity index is 2.07. The molecule has 3 aromatic rings. The molecule has 2 N–H and O–H groups in total. The van der Waals surface area contributed by atoms with Crippen LogP contribution in [-0.4, -0.2) is 15.0 Å². The van der Waals surface area contributed by atoms with Gasteiger partial charge in [-0.1, -0.05) is 6.07 Å². The SMILES string of the molecule is N#CCc1nc(-c2ccc3[nH]c(=O)[nH]c3c2)cs1. The Morgan fingerprint density at radius 2 is 2.17 bits per heavy atom. The van der Waals surface area contributed by atoms with Crippen LogP contribution < -0.4 is 5.69 Å². The van der Waals surface area contributed by atoms with Gasteiger partial charge in [-0.15, -0.1) is 11.3 Å². The monoisotopic (exact) mass is 256 g/mol. The lowest BCUT2D eigenvalue weighted by atomic mass is 10.1. The number of H-pyrrole nitrogens is 2. The van der Waals surface area contributed by atoms with Crippen LogP contribution in [0.2, 0.25) is 0 Å². The third-order valence-corrected chi connectivity index (χ3v) is 3.44. The molecule has 3 rings (SSSR count). The Kier molecular flexibility index (Phi) is 2.46. The summed E-state index contributed by atoms with van der Waals surface area (Å²) in [6.07, 6.45) is 0.327. The molecule has 0 unspecified atom stereocenters. The molecule has 0 atom stereocenters. The van der Waals surface area contributed by atoms with E-state index in [1.54, 1.807) is 0 Å². The Labute approximate surface area is 106 Å². The quantitative estimate of drug-likeness (QED) is 0.735. The van der Waals surface area contributed by atoms with E-state index in [1.807, 2.05) is 23.6 Å². The molecule has 0 aliphatic heterocycles. The smallest absolute Gasteiger partial charge is 0.306 e. The van der Waals surface area contributed by atoms with E-state index in [4.69, 9.17) is 5.26 Å². The molecule has 2 aromatic heterocycles. The number of nitrogens with one attached hydrogen (secondary N) is 2. The number of benzene rings is 1. The molecule has 2 heterocycles. The largest absolute Gasteiger partial charge is 0.323 e. The fraction of sp³-hybridized carbons (Fsp3) is 0.0833. The maximum absolute atomic E-state index is 11.2. The predicted molar refractivity (Wildman–Crippen MR) is 69.3 cm³/mol. The number of thiazole rings is 1. The van der Waals surface area contributed by atoms with Crippen molar-refractivity contribution in [1.29, 1.82) is 5.26 Å². The van der Waals surface area contributed by atoms with Crippen LogP contribution in [0.4, 0.5) is 0 Å². The highest BCUT2D eigenvalue weighted by Gasteiger charge is 2.06. The second kappa shape index (κ2) is 4.13. The zero-order valence-corrected chi connectivity index (χ0v) is 10.0. The molecule has 0 bridgehead atoms. The van der Waals surface area contributed by atoms with Crippen molar-refractivity contribution in [3.05, 3.63) is 39.1 Å². The van der Waals surface area contributed by atoms with Crippen molar-refractivity contribution in [3.8, 4) is 17.3 Å². The van der Waals surface area contributed by atoms with Crippen LogP contribution in [0, 0.1) is 11.3 Å². The zero-order valence-electron chi connectivity index (χ0n) is 9.23. The van der Waals surface area contributed by atoms with E-state index in [2.05, 4.69) is 21.0 Å². The van der Waals surface area contributed by atoms with Crippen LogP contribution in [0.1, 0.15) is 5.01 Å². The summed E-state index contributed by atoms with van der Waals surface area (Å²) >= 11 is 1.47. The molecule has 5 nitrogen and oxygen atoms in total. The summed E-state index contributed by atoms with van der Waals surface area (Å²) in [5.41, 5.74) is 3.07. The van der Waals surface area contributed by atoms with Crippen molar-refractivity contribution in [1.82, 2.24) is 15.0 Å². The van der Waals surface area contributed by atoms with Gasteiger partial charge in [0.1, 0.15) is 5.01 Å². The molecule has 18 heavy (non-hydrogen) atoms. The maximum atomic E-state index is 11.2. The lowest BCUT2D eigenvalue weighted by Crippen LogP contribution is -1.99. The molecule has 1 aromatic carbocycles. The average molecular weight is 256 g/mol. The molecule has 0 spiro atoms. The molecule has 0 saturated heterocycles. The summed E-state index contributed by atoms with van der Waals surface area (Å²) < 4.78 is 0. The van der Waals surface area contributed by atoms with Crippen LogP contribution in [0.15, 0.2) is 28.4 Å². The van der Waals surface area contributed by atoms with E-state index in [9.17, 15) is 4.79 Å². The van der Waals surface area contributed by atoms with Crippen molar-refractivity contribution < 1.29 is 0 Å². The van der Waals surface area contributed by atoms with E-state index < -0.39 is 0 Å². The minimum Gasteiger partial charge on any atom is -0.306 e. The summed E-state index contributed by atoms with van der Waals surface area (Å²) in [5.74, 6) is 0. The number of hydrogen-bond acceptors (Lipinski definition) is 4. The summed E-state index contributed by atoms with van der Waals surface area (Å²) in [5, 5.41) is 11.3. The first-order valence-electron chi connectivity index (χ1n) is 5.30. The number of hydrogen-bond donors (Lipinski definition) is 2. The minimum atomic E-state index is -0.217. The fourth-order valence-corrected chi connectivity index (χ4v) is 2.52. The first kappa shape index (κ1) is 10.7. The fourth-order valence-electron chi connectivity index (χ4n) is 1.78.